The van der Waals surface area contributed by atoms with Crippen LogP contribution in [0, 0.1) is 11.6 Å². The van der Waals surface area contributed by atoms with Crippen molar-refractivity contribution < 1.29 is 35.5 Å². The number of alkyl halides is 5. The Morgan fingerprint density at radius 1 is 1.04 bits per heavy atom. The van der Waals surface area contributed by atoms with Crippen LogP contribution in [0.5, 0.6) is 0 Å². The Bertz CT molecular complexity index is 772. The van der Waals surface area contributed by atoms with Gasteiger partial charge in [0.15, 0.2) is 0 Å². The van der Waals surface area contributed by atoms with E-state index in [9.17, 15) is 35.5 Å². The molecule has 0 spiro atoms. The van der Waals surface area contributed by atoms with E-state index in [1.54, 1.807) is 5.32 Å². The number of rotatable bonds is 4. The molecule has 0 unspecified atom stereocenters. The lowest BCUT2D eigenvalue weighted by atomic mass is 10.1. The maximum atomic E-state index is 13.9. The number of hydrogen-bond acceptors (Lipinski definition) is 3. The van der Waals surface area contributed by atoms with E-state index >= 15 is 0 Å². The van der Waals surface area contributed by atoms with E-state index in [-0.39, 0.29) is 0 Å². The van der Waals surface area contributed by atoms with Gasteiger partial charge in [0.25, 0.3) is 5.91 Å². The highest BCUT2D eigenvalue weighted by atomic mass is 19.4. The fourth-order valence-electron chi connectivity index (χ4n) is 1.82. The highest BCUT2D eigenvalue weighted by molar-refractivity contribution is 5.84. The summed E-state index contributed by atoms with van der Waals surface area (Å²) in [6, 6.07) is 2.46. The summed E-state index contributed by atoms with van der Waals surface area (Å²) in [5.41, 5.74) is -3.10. The zero-order valence-electron chi connectivity index (χ0n) is 12.0. The van der Waals surface area contributed by atoms with Gasteiger partial charge in [0.2, 0.25) is 0 Å². The maximum Gasteiger partial charge on any atom is 0.433 e. The largest absolute Gasteiger partial charge is 0.433 e. The van der Waals surface area contributed by atoms with E-state index < -0.39 is 53.3 Å². The van der Waals surface area contributed by atoms with Crippen molar-refractivity contribution in [1.82, 2.24) is 15.3 Å². The summed E-state index contributed by atoms with van der Waals surface area (Å²) in [6.07, 6.45) is -4.06. The molecule has 0 saturated carbocycles. The molecule has 0 fully saturated rings. The monoisotopic (exact) mass is 367 g/mol. The van der Waals surface area contributed by atoms with E-state index in [2.05, 4.69) is 9.97 Å². The Hall–Kier alpha value is -2.72. The summed E-state index contributed by atoms with van der Waals surface area (Å²) in [4.78, 5) is 18.0. The second-order valence-corrected chi connectivity index (χ2v) is 4.71. The summed E-state index contributed by atoms with van der Waals surface area (Å²) < 4.78 is 92.1. The fraction of sp³-hybridized carbons (Fsp3) is 0.214. The average molecular weight is 367 g/mol. The van der Waals surface area contributed by atoms with Crippen LogP contribution in [0.3, 0.4) is 0 Å². The third-order valence-electron chi connectivity index (χ3n) is 2.96. The number of halogens is 7. The van der Waals surface area contributed by atoms with Gasteiger partial charge in [-0.1, -0.05) is 6.07 Å². The first kappa shape index (κ1) is 18.6. The van der Waals surface area contributed by atoms with Gasteiger partial charge in [-0.3, -0.25) is 4.79 Å². The van der Waals surface area contributed by atoms with E-state index in [1.165, 1.54) is 0 Å². The maximum absolute atomic E-state index is 13.9. The van der Waals surface area contributed by atoms with Crippen molar-refractivity contribution in [2.45, 2.75) is 18.6 Å². The van der Waals surface area contributed by atoms with E-state index in [4.69, 9.17) is 0 Å². The second kappa shape index (κ2) is 6.65. The molecule has 2 aromatic rings. The molecule has 1 N–H and O–H groups in total. The number of amides is 1. The van der Waals surface area contributed by atoms with Crippen LogP contribution in [0.2, 0.25) is 0 Å². The Morgan fingerprint density at radius 2 is 1.64 bits per heavy atom. The molecule has 1 heterocycles. The summed E-state index contributed by atoms with van der Waals surface area (Å²) in [5.74, 6) is -10.6. The van der Waals surface area contributed by atoms with E-state index in [0.717, 1.165) is 12.3 Å². The van der Waals surface area contributed by atoms with Gasteiger partial charge < -0.3 is 5.32 Å². The lowest BCUT2D eigenvalue weighted by Crippen LogP contribution is -2.39. The first-order valence-corrected chi connectivity index (χ1v) is 6.53. The van der Waals surface area contributed by atoms with E-state index in [0.29, 0.717) is 18.2 Å². The van der Waals surface area contributed by atoms with E-state index in [1.807, 2.05) is 0 Å². The summed E-state index contributed by atoms with van der Waals surface area (Å²) in [6.45, 7) is -0.894. The van der Waals surface area contributed by atoms with Crippen molar-refractivity contribution in [2.75, 3.05) is 0 Å². The van der Waals surface area contributed by atoms with Crippen LogP contribution in [-0.4, -0.2) is 15.9 Å². The van der Waals surface area contributed by atoms with Crippen molar-refractivity contribution in [3.05, 3.63) is 59.2 Å². The van der Waals surface area contributed by atoms with Gasteiger partial charge in [-0.2, -0.15) is 22.0 Å². The lowest BCUT2D eigenvalue weighted by molar-refractivity contribution is -0.148. The number of aromatic nitrogens is 2. The van der Waals surface area contributed by atoms with Crippen molar-refractivity contribution in [3.8, 4) is 0 Å². The molecule has 2 rings (SSSR count). The predicted molar refractivity (Wildman–Crippen MR) is 69.1 cm³/mol. The fourth-order valence-corrected chi connectivity index (χ4v) is 1.82. The number of carbonyl (C=O) groups excluding carboxylic acids is 1. The summed E-state index contributed by atoms with van der Waals surface area (Å²) in [7, 11) is 0. The quantitative estimate of drug-likeness (QED) is 0.845. The summed E-state index contributed by atoms with van der Waals surface area (Å²) >= 11 is 0. The highest BCUT2D eigenvalue weighted by Crippen LogP contribution is 2.32. The van der Waals surface area contributed by atoms with Crippen molar-refractivity contribution >= 4 is 5.91 Å². The lowest BCUT2D eigenvalue weighted by Gasteiger charge is -2.17. The molecular weight excluding hydrogens is 359 g/mol. The minimum atomic E-state index is -4.79. The first-order valence-electron chi connectivity index (χ1n) is 6.53. The van der Waals surface area contributed by atoms with Gasteiger partial charge >= 0.3 is 12.1 Å². The summed E-state index contributed by atoms with van der Waals surface area (Å²) in [5, 5.41) is 1.56. The normalized spacial score (nSPS) is 12.1. The Balaban J connectivity index is 2.17. The zero-order valence-corrected chi connectivity index (χ0v) is 12.0. The van der Waals surface area contributed by atoms with Crippen molar-refractivity contribution in [1.29, 1.82) is 0 Å². The Kier molecular flexibility index (Phi) is 4.95. The molecule has 0 aliphatic carbocycles. The molecule has 0 atom stereocenters. The van der Waals surface area contributed by atoms with Gasteiger partial charge in [-0.05, 0) is 18.2 Å². The van der Waals surface area contributed by atoms with Crippen LogP contribution in [-0.2, 0) is 23.4 Å². The minimum absolute atomic E-state index is 0.537. The van der Waals surface area contributed by atoms with Crippen LogP contribution in [0.15, 0.2) is 30.5 Å². The van der Waals surface area contributed by atoms with Gasteiger partial charge in [0.05, 0.1) is 6.54 Å². The molecule has 134 valence electrons. The topological polar surface area (TPSA) is 54.9 Å². The minimum Gasteiger partial charge on any atom is -0.343 e. The molecule has 11 heteroatoms. The zero-order chi connectivity index (χ0) is 18.8. The SMILES string of the molecule is O=C(NCc1nccc(C(F)(F)F)n1)C(F)(F)c1c(F)cccc1F. The van der Waals surface area contributed by atoms with Crippen LogP contribution in [0.25, 0.3) is 0 Å². The molecule has 0 aliphatic heterocycles. The molecule has 0 aliphatic rings. The Labute approximate surface area is 135 Å². The van der Waals surface area contributed by atoms with Crippen molar-refractivity contribution in [3.63, 3.8) is 0 Å². The molecule has 0 radical (unpaired) electrons. The average Bonchev–Trinajstić information content (AvgIpc) is 2.51. The number of hydrogen-bond donors (Lipinski definition) is 1. The van der Waals surface area contributed by atoms with Crippen LogP contribution in [0.1, 0.15) is 17.1 Å². The molecule has 25 heavy (non-hydrogen) atoms. The van der Waals surface area contributed by atoms with Crippen LogP contribution >= 0.6 is 0 Å². The third kappa shape index (κ3) is 4.03. The molecule has 1 aromatic carbocycles. The van der Waals surface area contributed by atoms with Gasteiger partial charge in [0.1, 0.15) is 28.7 Å². The molecule has 1 aromatic heterocycles. The standard InChI is InChI=1S/C14H8F7N3O/c15-7-2-1-3-8(16)11(7)13(17,18)12(25)23-6-10-22-5-4-9(24-10)14(19,20)21/h1-5H,6H2,(H,23,25). The van der Waals surface area contributed by atoms with Gasteiger partial charge in [-0.25, -0.2) is 18.7 Å². The van der Waals surface area contributed by atoms with Crippen LogP contribution < -0.4 is 5.32 Å². The smallest absolute Gasteiger partial charge is 0.343 e. The number of nitrogens with zero attached hydrogens (tertiary/aromatic N) is 2. The molecule has 0 bridgehead atoms. The number of nitrogens with one attached hydrogen (secondary N) is 1. The van der Waals surface area contributed by atoms with Gasteiger partial charge in [0, 0.05) is 6.20 Å². The van der Waals surface area contributed by atoms with Crippen molar-refractivity contribution in [2.24, 2.45) is 0 Å². The molecule has 1 amide bonds. The third-order valence-corrected chi connectivity index (χ3v) is 2.96. The van der Waals surface area contributed by atoms with Gasteiger partial charge in [-0.15, -0.1) is 0 Å². The first-order chi connectivity index (χ1) is 11.5. The number of benzene rings is 1. The second-order valence-electron chi connectivity index (χ2n) is 4.71. The number of carbonyl (C=O) groups is 1. The molecule has 4 nitrogen and oxygen atoms in total. The molecular formula is C14H8F7N3O. The predicted octanol–water partition coefficient (Wildman–Crippen LogP) is 3.18. The van der Waals surface area contributed by atoms with Crippen LogP contribution in [0.4, 0.5) is 30.7 Å². The highest BCUT2D eigenvalue weighted by Gasteiger charge is 2.45. The molecule has 0 saturated heterocycles. The Morgan fingerprint density at radius 3 is 2.20 bits per heavy atom.